The van der Waals surface area contributed by atoms with Crippen LogP contribution in [0.25, 0.3) is 0 Å². The SMILES string of the molecule is Cc1ccnc(CN2CCCCC2c2ncc(Br)cn2)n1. The van der Waals surface area contributed by atoms with Crippen LogP contribution in [0.5, 0.6) is 0 Å². The number of hydrogen-bond acceptors (Lipinski definition) is 5. The number of likely N-dealkylation sites (tertiary alicyclic amines) is 1. The fourth-order valence-electron chi connectivity index (χ4n) is 2.73. The standard InChI is InChI=1S/C15H18BrN5/c1-11-5-6-17-14(20-11)10-21-7-3-2-4-13(21)15-18-8-12(16)9-19-15/h5-6,8-9,13H,2-4,7,10H2,1H3. The van der Waals surface area contributed by atoms with Gasteiger partial charge in [-0.25, -0.2) is 19.9 Å². The normalized spacial score (nSPS) is 19.6. The van der Waals surface area contributed by atoms with Gasteiger partial charge >= 0.3 is 0 Å². The van der Waals surface area contributed by atoms with Crippen molar-refractivity contribution in [2.24, 2.45) is 0 Å². The van der Waals surface area contributed by atoms with Gasteiger partial charge in [-0.2, -0.15) is 0 Å². The molecule has 0 aliphatic carbocycles. The van der Waals surface area contributed by atoms with Crippen LogP contribution in [0.2, 0.25) is 0 Å². The maximum absolute atomic E-state index is 4.51. The Labute approximate surface area is 133 Å². The van der Waals surface area contributed by atoms with Crippen LogP contribution in [0.1, 0.15) is 42.6 Å². The van der Waals surface area contributed by atoms with E-state index >= 15 is 0 Å². The molecule has 1 atom stereocenters. The van der Waals surface area contributed by atoms with Crippen molar-refractivity contribution in [3.63, 3.8) is 0 Å². The Bertz CT molecular complexity index is 601. The third-order valence-electron chi connectivity index (χ3n) is 3.74. The zero-order chi connectivity index (χ0) is 14.7. The summed E-state index contributed by atoms with van der Waals surface area (Å²) in [6.07, 6.45) is 8.98. The van der Waals surface area contributed by atoms with E-state index in [1.807, 2.05) is 31.6 Å². The summed E-state index contributed by atoms with van der Waals surface area (Å²) in [7, 11) is 0. The summed E-state index contributed by atoms with van der Waals surface area (Å²) in [4.78, 5) is 20.2. The largest absolute Gasteiger partial charge is 0.286 e. The second-order valence-electron chi connectivity index (χ2n) is 5.36. The van der Waals surface area contributed by atoms with Crippen LogP contribution in [0.3, 0.4) is 0 Å². The van der Waals surface area contributed by atoms with Crippen molar-refractivity contribution in [2.75, 3.05) is 6.54 Å². The summed E-state index contributed by atoms with van der Waals surface area (Å²) in [6.45, 7) is 3.80. The lowest BCUT2D eigenvalue weighted by Crippen LogP contribution is -2.34. The summed E-state index contributed by atoms with van der Waals surface area (Å²) in [5.41, 5.74) is 1.01. The molecule has 3 rings (SSSR count). The molecule has 3 heterocycles. The second-order valence-corrected chi connectivity index (χ2v) is 6.27. The first-order valence-electron chi connectivity index (χ1n) is 7.22. The van der Waals surface area contributed by atoms with Gasteiger partial charge in [-0.1, -0.05) is 6.42 Å². The van der Waals surface area contributed by atoms with Gasteiger partial charge < -0.3 is 0 Å². The van der Waals surface area contributed by atoms with Crippen LogP contribution in [0.15, 0.2) is 29.1 Å². The van der Waals surface area contributed by atoms with Gasteiger partial charge in [-0.3, -0.25) is 4.90 Å². The van der Waals surface area contributed by atoms with E-state index in [9.17, 15) is 0 Å². The summed E-state index contributed by atoms with van der Waals surface area (Å²) in [6, 6.07) is 2.19. The Kier molecular flexibility index (Phi) is 4.55. The van der Waals surface area contributed by atoms with Crippen molar-refractivity contribution in [2.45, 2.75) is 38.8 Å². The number of hydrogen-bond donors (Lipinski definition) is 0. The third kappa shape index (κ3) is 3.63. The van der Waals surface area contributed by atoms with E-state index in [1.54, 1.807) is 0 Å². The van der Waals surface area contributed by atoms with E-state index in [2.05, 4.69) is 40.8 Å². The highest BCUT2D eigenvalue weighted by Gasteiger charge is 2.26. The molecular formula is C15H18BrN5. The fraction of sp³-hybridized carbons (Fsp3) is 0.467. The van der Waals surface area contributed by atoms with Crippen molar-refractivity contribution in [1.29, 1.82) is 0 Å². The highest BCUT2D eigenvalue weighted by Crippen LogP contribution is 2.29. The monoisotopic (exact) mass is 347 g/mol. The number of aryl methyl sites for hydroxylation is 1. The molecule has 1 saturated heterocycles. The van der Waals surface area contributed by atoms with Crippen LogP contribution >= 0.6 is 15.9 Å². The first-order valence-corrected chi connectivity index (χ1v) is 8.02. The van der Waals surface area contributed by atoms with E-state index in [1.165, 1.54) is 12.8 Å². The lowest BCUT2D eigenvalue weighted by Gasteiger charge is -2.34. The van der Waals surface area contributed by atoms with Crippen LogP contribution in [0.4, 0.5) is 0 Å². The van der Waals surface area contributed by atoms with E-state index in [4.69, 9.17) is 0 Å². The van der Waals surface area contributed by atoms with Crippen molar-refractivity contribution >= 4 is 15.9 Å². The van der Waals surface area contributed by atoms with Crippen molar-refractivity contribution in [3.8, 4) is 0 Å². The van der Waals surface area contributed by atoms with Gasteiger partial charge in [0.15, 0.2) is 0 Å². The molecule has 0 aromatic carbocycles. The van der Waals surface area contributed by atoms with Gasteiger partial charge in [0.25, 0.3) is 0 Å². The maximum Gasteiger partial charge on any atom is 0.145 e. The van der Waals surface area contributed by atoms with Crippen molar-refractivity contribution in [1.82, 2.24) is 24.8 Å². The lowest BCUT2D eigenvalue weighted by atomic mass is 10.0. The maximum atomic E-state index is 4.51. The van der Waals surface area contributed by atoms with Crippen molar-refractivity contribution < 1.29 is 0 Å². The zero-order valence-electron chi connectivity index (χ0n) is 12.0. The molecule has 1 aliphatic rings. The molecule has 0 N–H and O–H groups in total. The van der Waals surface area contributed by atoms with Crippen LogP contribution in [-0.4, -0.2) is 31.4 Å². The summed E-state index contributed by atoms with van der Waals surface area (Å²) in [5.74, 6) is 1.77. The molecule has 110 valence electrons. The minimum atomic E-state index is 0.260. The number of aromatic nitrogens is 4. The van der Waals surface area contributed by atoms with Gasteiger partial charge in [-0.05, 0) is 48.3 Å². The van der Waals surface area contributed by atoms with Gasteiger partial charge in [0, 0.05) is 24.3 Å². The highest BCUT2D eigenvalue weighted by atomic mass is 79.9. The Morgan fingerprint density at radius 1 is 1.24 bits per heavy atom. The van der Waals surface area contributed by atoms with E-state index in [0.29, 0.717) is 0 Å². The Morgan fingerprint density at radius 3 is 2.81 bits per heavy atom. The van der Waals surface area contributed by atoms with Crippen LogP contribution in [0, 0.1) is 6.92 Å². The van der Waals surface area contributed by atoms with E-state index < -0.39 is 0 Å². The van der Waals surface area contributed by atoms with Crippen LogP contribution in [-0.2, 0) is 6.54 Å². The molecular weight excluding hydrogens is 330 g/mol. The molecule has 2 aromatic rings. The molecule has 1 fully saturated rings. The smallest absolute Gasteiger partial charge is 0.145 e. The molecule has 2 aromatic heterocycles. The number of piperidine rings is 1. The summed E-state index contributed by atoms with van der Waals surface area (Å²) in [5, 5.41) is 0. The molecule has 0 saturated carbocycles. The average Bonchev–Trinajstić information content (AvgIpc) is 2.49. The molecule has 6 heteroatoms. The zero-order valence-corrected chi connectivity index (χ0v) is 13.6. The van der Waals surface area contributed by atoms with Crippen molar-refractivity contribution in [3.05, 3.63) is 46.5 Å². The highest BCUT2D eigenvalue weighted by molar-refractivity contribution is 9.10. The minimum Gasteiger partial charge on any atom is -0.286 e. The molecule has 5 nitrogen and oxygen atoms in total. The van der Waals surface area contributed by atoms with Gasteiger partial charge in [0.2, 0.25) is 0 Å². The molecule has 1 aliphatic heterocycles. The third-order valence-corrected chi connectivity index (χ3v) is 4.15. The summed E-state index contributed by atoms with van der Waals surface area (Å²) < 4.78 is 0.913. The fourth-order valence-corrected chi connectivity index (χ4v) is 2.93. The van der Waals surface area contributed by atoms with Crippen LogP contribution < -0.4 is 0 Å². The number of rotatable bonds is 3. The lowest BCUT2D eigenvalue weighted by molar-refractivity contribution is 0.130. The molecule has 0 amide bonds. The predicted octanol–water partition coefficient (Wildman–Crippen LogP) is 3.06. The Balaban J connectivity index is 1.79. The molecule has 0 bridgehead atoms. The Morgan fingerprint density at radius 2 is 2.05 bits per heavy atom. The van der Waals surface area contributed by atoms with E-state index in [-0.39, 0.29) is 6.04 Å². The number of halogens is 1. The molecule has 1 unspecified atom stereocenters. The van der Waals surface area contributed by atoms with Gasteiger partial charge in [-0.15, -0.1) is 0 Å². The topological polar surface area (TPSA) is 54.8 Å². The summed E-state index contributed by atoms with van der Waals surface area (Å²) >= 11 is 3.39. The molecule has 0 radical (unpaired) electrons. The average molecular weight is 348 g/mol. The first-order chi connectivity index (χ1) is 10.2. The molecule has 21 heavy (non-hydrogen) atoms. The second kappa shape index (κ2) is 6.58. The molecule has 0 spiro atoms. The quantitative estimate of drug-likeness (QED) is 0.853. The van der Waals surface area contributed by atoms with Gasteiger partial charge in [0.05, 0.1) is 17.1 Å². The van der Waals surface area contributed by atoms with E-state index in [0.717, 1.165) is 41.3 Å². The first kappa shape index (κ1) is 14.5. The Hall–Kier alpha value is -1.40. The predicted molar refractivity (Wildman–Crippen MR) is 83.5 cm³/mol. The minimum absolute atomic E-state index is 0.260. The number of nitrogens with zero attached hydrogens (tertiary/aromatic N) is 5. The van der Waals surface area contributed by atoms with Gasteiger partial charge in [0.1, 0.15) is 11.6 Å².